The molecule has 0 radical (unpaired) electrons. The van der Waals surface area contributed by atoms with Gasteiger partial charge < -0.3 is 21.1 Å². The van der Waals surface area contributed by atoms with Crippen LogP contribution in [-0.4, -0.2) is 40.0 Å². The Hall–Kier alpha value is -3.75. The number of hydrogen-bond donors (Lipinski definition) is 3. The molecule has 4 N–H and O–H groups in total. The number of benzene rings is 1. The molecule has 0 fully saturated rings. The molecule has 1 atom stereocenters. The van der Waals surface area contributed by atoms with Crippen LogP contribution in [0.2, 0.25) is 0 Å². The number of amides is 1. The van der Waals surface area contributed by atoms with Crippen LogP contribution in [0.25, 0.3) is 11.3 Å². The Kier molecular flexibility index (Phi) is 4.71. The largest absolute Gasteiger partial charge is 0.478 e. The second kappa shape index (κ2) is 7.34. The maximum atomic E-state index is 12.7. The van der Waals surface area contributed by atoms with E-state index in [0.717, 1.165) is 11.1 Å². The van der Waals surface area contributed by atoms with Crippen LogP contribution in [-0.2, 0) is 6.42 Å². The quantitative estimate of drug-likeness (QED) is 0.615. The summed E-state index contributed by atoms with van der Waals surface area (Å²) >= 11 is 0. The number of rotatable bonds is 4. The van der Waals surface area contributed by atoms with Gasteiger partial charge in [-0.2, -0.15) is 0 Å². The van der Waals surface area contributed by atoms with Crippen LogP contribution in [0.15, 0.2) is 30.5 Å². The van der Waals surface area contributed by atoms with Gasteiger partial charge >= 0.3 is 0 Å². The van der Waals surface area contributed by atoms with Crippen molar-refractivity contribution in [1.29, 1.82) is 0 Å². The summed E-state index contributed by atoms with van der Waals surface area (Å²) in [4.78, 5) is 30.1. The van der Waals surface area contributed by atoms with Crippen LogP contribution in [0.1, 0.15) is 33.4 Å². The Balaban J connectivity index is 1.77. The van der Waals surface area contributed by atoms with E-state index in [0.29, 0.717) is 40.8 Å². The molecule has 9 nitrogen and oxygen atoms in total. The summed E-state index contributed by atoms with van der Waals surface area (Å²) in [6, 6.07) is 7.47. The molecule has 3 aromatic rings. The lowest BCUT2D eigenvalue weighted by atomic mass is 9.90. The lowest BCUT2D eigenvalue weighted by molar-refractivity contribution is 0.0922. The van der Waals surface area contributed by atoms with E-state index in [9.17, 15) is 4.79 Å². The lowest BCUT2D eigenvalue weighted by Gasteiger charge is -2.27. The van der Waals surface area contributed by atoms with Crippen molar-refractivity contribution in [2.45, 2.75) is 19.4 Å². The average molecular weight is 391 g/mol. The number of methoxy groups -OCH3 is 1. The van der Waals surface area contributed by atoms with Gasteiger partial charge in [0.1, 0.15) is 0 Å². The number of aryl methyl sites for hydroxylation is 1. The summed E-state index contributed by atoms with van der Waals surface area (Å²) in [6.45, 7) is 1.76. The highest BCUT2D eigenvalue weighted by Crippen LogP contribution is 2.33. The Labute approximate surface area is 167 Å². The number of hydrogen-bond acceptors (Lipinski definition) is 8. The van der Waals surface area contributed by atoms with Gasteiger partial charge in [0.25, 0.3) is 11.8 Å². The summed E-state index contributed by atoms with van der Waals surface area (Å²) in [7, 11) is 3.30. The van der Waals surface area contributed by atoms with Gasteiger partial charge in [-0.3, -0.25) is 4.79 Å². The fourth-order valence-electron chi connectivity index (χ4n) is 3.61. The maximum Gasteiger partial charge on any atom is 0.257 e. The van der Waals surface area contributed by atoms with Gasteiger partial charge in [-0.25, -0.2) is 19.9 Å². The minimum Gasteiger partial charge on any atom is -0.478 e. The molecule has 0 unspecified atom stereocenters. The van der Waals surface area contributed by atoms with E-state index >= 15 is 0 Å². The van der Waals surface area contributed by atoms with Gasteiger partial charge in [0.05, 0.1) is 42.0 Å². The van der Waals surface area contributed by atoms with Crippen molar-refractivity contribution < 1.29 is 9.53 Å². The van der Waals surface area contributed by atoms with E-state index in [-0.39, 0.29) is 17.9 Å². The number of fused-ring (bicyclic) bond motifs is 1. The van der Waals surface area contributed by atoms with E-state index in [1.165, 1.54) is 0 Å². The Morgan fingerprint density at radius 2 is 2.03 bits per heavy atom. The van der Waals surface area contributed by atoms with Gasteiger partial charge in [0.15, 0.2) is 5.82 Å². The van der Waals surface area contributed by atoms with E-state index < -0.39 is 0 Å². The molecule has 0 aliphatic carbocycles. The van der Waals surface area contributed by atoms with E-state index in [2.05, 4.69) is 30.6 Å². The molecule has 1 aromatic carbocycles. The van der Waals surface area contributed by atoms with Crippen LogP contribution in [0.3, 0.4) is 0 Å². The molecule has 1 amide bonds. The van der Waals surface area contributed by atoms with Crippen molar-refractivity contribution in [2.24, 2.45) is 0 Å². The maximum absolute atomic E-state index is 12.7. The summed E-state index contributed by atoms with van der Waals surface area (Å²) in [5.74, 6) is 0.907. The summed E-state index contributed by atoms with van der Waals surface area (Å²) in [6.07, 6.45) is 2.18. The summed E-state index contributed by atoms with van der Waals surface area (Å²) in [5.41, 5.74) is 9.93. The fraction of sp³-hybridized carbons (Fsp3) is 0.250. The molecule has 1 aliphatic rings. The molecule has 148 valence electrons. The Morgan fingerprint density at radius 1 is 1.24 bits per heavy atom. The zero-order valence-corrected chi connectivity index (χ0v) is 16.4. The van der Waals surface area contributed by atoms with Gasteiger partial charge in [-0.15, -0.1) is 0 Å². The smallest absolute Gasteiger partial charge is 0.257 e. The molecule has 1 aliphatic heterocycles. The SMILES string of the molecule is CNc1ncc(-c2ccccc2[C@H]2Cc3nc(N)nc(C)c3C(=O)N2)nc1OC. The highest BCUT2D eigenvalue weighted by Gasteiger charge is 2.30. The highest BCUT2D eigenvalue weighted by molar-refractivity contribution is 5.98. The molecular formula is C20H21N7O2. The molecule has 0 spiro atoms. The van der Waals surface area contributed by atoms with Crippen molar-refractivity contribution in [2.75, 3.05) is 25.2 Å². The highest BCUT2D eigenvalue weighted by atomic mass is 16.5. The molecule has 9 heteroatoms. The number of nitrogens with zero attached hydrogens (tertiary/aromatic N) is 4. The third-order valence-electron chi connectivity index (χ3n) is 4.89. The van der Waals surface area contributed by atoms with Gasteiger partial charge in [-0.05, 0) is 12.5 Å². The number of carbonyl (C=O) groups excluding carboxylic acids is 1. The number of aromatic nitrogens is 4. The first kappa shape index (κ1) is 18.6. The lowest BCUT2D eigenvalue weighted by Crippen LogP contribution is -2.37. The van der Waals surface area contributed by atoms with Crippen molar-refractivity contribution >= 4 is 17.7 Å². The molecule has 3 heterocycles. The first-order valence-electron chi connectivity index (χ1n) is 9.13. The van der Waals surface area contributed by atoms with Crippen molar-refractivity contribution in [3.8, 4) is 17.1 Å². The zero-order chi connectivity index (χ0) is 20.5. The van der Waals surface area contributed by atoms with Crippen molar-refractivity contribution in [3.05, 3.63) is 53.0 Å². The zero-order valence-electron chi connectivity index (χ0n) is 16.4. The normalized spacial score (nSPS) is 15.4. The van der Waals surface area contributed by atoms with E-state index in [4.69, 9.17) is 10.5 Å². The summed E-state index contributed by atoms with van der Waals surface area (Å²) < 4.78 is 5.34. The van der Waals surface area contributed by atoms with Gasteiger partial charge in [0, 0.05) is 19.0 Å². The van der Waals surface area contributed by atoms with Crippen LogP contribution in [0.5, 0.6) is 5.88 Å². The minimum atomic E-state index is -0.281. The standard InChI is InChI=1S/C20H21N7O2/c1-10-16-14(27-20(21)24-10)8-13(25-18(16)28)11-6-4-5-7-12(11)15-9-23-17(22-2)19(26-15)29-3/h4-7,9,13H,8H2,1-3H3,(H,22,23)(H,25,28)(H2,21,24,27)/t13-/m1/s1. The molecule has 0 saturated carbocycles. The number of nitrogen functional groups attached to an aromatic ring is 1. The topological polar surface area (TPSA) is 128 Å². The molecular weight excluding hydrogens is 370 g/mol. The van der Waals surface area contributed by atoms with Gasteiger partial charge in [0.2, 0.25) is 5.95 Å². The van der Waals surface area contributed by atoms with Crippen molar-refractivity contribution in [1.82, 2.24) is 25.3 Å². The second-order valence-electron chi connectivity index (χ2n) is 6.67. The van der Waals surface area contributed by atoms with Crippen molar-refractivity contribution in [3.63, 3.8) is 0 Å². The summed E-state index contributed by atoms with van der Waals surface area (Å²) in [5, 5.41) is 6.01. The van der Waals surface area contributed by atoms with Crippen LogP contribution >= 0.6 is 0 Å². The van der Waals surface area contributed by atoms with Crippen LogP contribution in [0, 0.1) is 6.92 Å². The Bertz CT molecular complexity index is 1100. The van der Waals surface area contributed by atoms with Crippen LogP contribution in [0.4, 0.5) is 11.8 Å². The van der Waals surface area contributed by atoms with Gasteiger partial charge in [-0.1, -0.05) is 24.3 Å². The first-order chi connectivity index (χ1) is 14.0. The second-order valence-corrected chi connectivity index (χ2v) is 6.67. The fourth-order valence-corrected chi connectivity index (χ4v) is 3.61. The monoisotopic (exact) mass is 391 g/mol. The first-order valence-corrected chi connectivity index (χ1v) is 9.13. The van der Waals surface area contributed by atoms with E-state index in [1.807, 2.05) is 24.3 Å². The minimum absolute atomic E-state index is 0.168. The Morgan fingerprint density at radius 3 is 2.79 bits per heavy atom. The average Bonchev–Trinajstić information content (AvgIpc) is 2.72. The number of nitrogens with two attached hydrogens (primary N) is 1. The third-order valence-corrected chi connectivity index (χ3v) is 4.89. The van der Waals surface area contributed by atoms with Crippen LogP contribution < -0.4 is 21.1 Å². The predicted octanol–water partition coefficient (Wildman–Crippen LogP) is 1.90. The number of ether oxygens (including phenoxy) is 1. The molecule has 0 bridgehead atoms. The molecule has 0 saturated heterocycles. The molecule has 4 rings (SSSR count). The molecule has 2 aromatic heterocycles. The number of anilines is 2. The van der Waals surface area contributed by atoms with E-state index in [1.54, 1.807) is 27.3 Å². The number of nitrogens with one attached hydrogen (secondary N) is 2. The molecule has 29 heavy (non-hydrogen) atoms. The predicted molar refractivity (Wildman–Crippen MR) is 109 cm³/mol. The number of carbonyl (C=O) groups is 1. The third kappa shape index (κ3) is 3.31.